The molecular weight excluding hydrogens is 292 g/mol. The van der Waals surface area contributed by atoms with Crippen LogP contribution in [0.3, 0.4) is 0 Å². The Morgan fingerprint density at radius 3 is 2.61 bits per heavy atom. The lowest BCUT2D eigenvalue weighted by molar-refractivity contribution is 0.0943. The lowest BCUT2D eigenvalue weighted by Crippen LogP contribution is -2.49. The van der Waals surface area contributed by atoms with E-state index in [1.807, 2.05) is 38.1 Å². The molecule has 2 amide bonds. The van der Waals surface area contributed by atoms with Gasteiger partial charge in [-0.2, -0.15) is 0 Å². The molecule has 2 atom stereocenters. The Morgan fingerprint density at radius 2 is 1.96 bits per heavy atom. The van der Waals surface area contributed by atoms with E-state index >= 15 is 0 Å². The van der Waals surface area contributed by atoms with Crippen molar-refractivity contribution in [3.8, 4) is 5.75 Å². The van der Waals surface area contributed by atoms with Gasteiger partial charge in [-0.05, 0) is 50.8 Å². The van der Waals surface area contributed by atoms with Crippen LogP contribution in [0.25, 0.3) is 0 Å². The highest BCUT2D eigenvalue weighted by Gasteiger charge is 2.24. The third-order valence-corrected chi connectivity index (χ3v) is 4.04. The summed E-state index contributed by atoms with van der Waals surface area (Å²) in [6.45, 7) is 4.57. The summed E-state index contributed by atoms with van der Waals surface area (Å²) in [7, 11) is 0. The van der Waals surface area contributed by atoms with Gasteiger partial charge in [0.25, 0.3) is 0 Å². The van der Waals surface area contributed by atoms with Crippen LogP contribution in [0, 0.1) is 0 Å². The van der Waals surface area contributed by atoms with Gasteiger partial charge in [0.2, 0.25) is 0 Å². The van der Waals surface area contributed by atoms with E-state index < -0.39 is 6.10 Å². The zero-order chi connectivity index (χ0) is 16.7. The Morgan fingerprint density at radius 1 is 1.26 bits per heavy atom. The second-order valence-electron chi connectivity index (χ2n) is 6.42. The molecule has 0 aliphatic heterocycles. The van der Waals surface area contributed by atoms with Crippen molar-refractivity contribution in [3.05, 3.63) is 29.8 Å². The molecule has 5 nitrogen and oxygen atoms in total. The summed E-state index contributed by atoms with van der Waals surface area (Å²) in [5.74, 6) is 0.862. The molecule has 5 heteroatoms. The molecule has 23 heavy (non-hydrogen) atoms. The minimum Gasteiger partial charge on any atom is -0.491 e. The molecule has 0 saturated heterocycles. The van der Waals surface area contributed by atoms with Gasteiger partial charge in [0.15, 0.2) is 0 Å². The van der Waals surface area contributed by atoms with Crippen molar-refractivity contribution in [2.45, 2.75) is 64.2 Å². The van der Waals surface area contributed by atoms with Crippen LogP contribution < -0.4 is 15.4 Å². The third kappa shape index (κ3) is 6.10. The number of benzene rings is 1. The van der Waals surface area contributed by atoms with E-state index in [0.717, 1.165) is 43.4 Å². The van der Waals surface area contributed by atoms with Gasteiger partial charge in [-0.25, -0.2) is 4.79 Å². The number of ether oxygens (including phenoxy) is 1. The van der Waals surface area contributed by atoms with E-state index in [4.69, 9.17) is 4.74 Å². The predicted molar refractivity (Wildman–Crippen MR) is 90.7 cm³/mol. The highest BCUT2D eigenvalue weighted by atomic mass is 16.5. The first-order valence-corrected chi connectivity index (χ1v) is 8.52. The van der Waals surface area contributed by atoms with Gasteiger partial charge in [-0.3, -0.25) is 0 Å². The van der Waals surface area contributed by atoms with E-state index in [1.165, 1.54) is 0 Å². The number of rotatable bonds is 6. The second kappa shape index (κ2) is 8.77. The summed E-state index contributed by atoms with van der Waals surface area (Å²) >= 11 is 0. The molecule has 3 N–H and O–H groups in total. The minimum atomic E-state index is -0.414. The second-order valence-corrected chi connectivity index (χ2v) is 6.42. The van der Waals surface area contributed by atoms with Crippen molar-refractivity contribution >= 4 is 6.03 Å². The van der Waals surface area contributed by atoms with Gasteiger partial charge in [0, 0.05) is 6.54 Å². The van der Waals surface area contributed by atoms with Crippen molar-refractivity contribution in [1.29, 1.82) is 0 Å². The Hall–Kier alpha value is -1.75. The lowest BCUT2D eigenvalue weighted by Gasteiger charge is -2.28. The molecule has 128 valence electrons. The molecular formula is C18H28N2O3. The van der Waals surface area contributed by atoms with Gasteiger partial charge in [0.05, 0.1) is 18.2 Å². The first-order valence-electron chi connectivity index (χ1n) is 8.52. The number of aliphatic hydroxyl groups is 1. The normalized spacial score (nSPS) is 21.0. The van der Waals surface area contributed by atoms with Crippen LogP contribution in [0.15, 0.2) is 24.3 Å². The number of aliphatic hydroxyl groups excluding tert-OH is 1. The number of carbonyl (C=O) groups excluding carboxylic acids is 1. The summed E-state index contributed by atoms with van der Waals surface area (Å²) in [6, 6.07) is 7.62. The van der Waals surface area contributed by atoms with E-state index in [9.17, 15) is 9.90 Å². The van der Waals surface area contributed by atoms with Crippen molar-refractivity contribution in [3.63, 3.8) is 0 Å². The monoisotopic (exact) mass is 320 g/mol. The Labute approximate surface area is 138 Å². The molecule has 1 aliphatic rings. The quantitative estimate of drug-likeness (QED) is 0.754. The number of hydrogen-bond acceptors (Lipinski definition) is 3. The van der Waals surface area contributed by atoms with Crippen molar-refractivity contribution in [2.24, 2.45) is 0 Å². The van der Waals surface area contributed by atoms with Crippen LogP contribution in [0.4, 0.5) is 4.79 Å². The molecule has 0 aromatic heterocycles. The smallest absolute Gasteiger partial charge is 0.315 e. The predicted octanol–water partition coefficient (Wildman–Crippen LogP) is 2.62. The minimum absolute atomic E-state index is 0.115. The van der Waals surface area contributed by atoms with Crippen LogP contribution >= 0.6 is 0 Å². The van der Waals surface area contributed by atoms with Gasteiger partial charge in [0.1, 0.15) is 5.75 Å². The van der Waals surface area contributed by atoms with Crippen LogP contribution in [0.5, 0.6) is 5.75 Å². The van der Waals surface area contributed by atoms with E-state index in [2.05, 4.69) is 10.6 Å². The highest BCUT2D eigenvalue weighted by molar-refractivity contribution is 5.74. The summed E-state index contributed by atoms with van der Waals surface area (Å²) in [5, 5.41) is 15.6. The van der Waals surface area contributed by atoms with Crippen LogP contribution in [-0.4, -0.2) is 35.9 Å². The van der Waals surface area contributed by atoms with E-state index in [0.29, 0.717) is 6.54 Å². The zero-order valence-electron chi connectivity index (χ0n) is 14.0. The maximum atomic E-state index is 11.9. The molecule has 1 fully saturated rings. The molecule has 0 spiro atoms. The molecule has 0 heterocycles. The maximum Gasteiger partial charge on any atom is 0.315 e. The summed E-state index contributed by atoms with van der Waals surface area (Å²) in [4.78, 5) is 11.9. The summed E-state index contributed by atoms with van der Waals surface area (Å²) in [6.07, 6.45) is 4.25. The van der Waals surface area contributed by atoms with Gasteiger partial charge < -0.3 is 20.5 Å². The number of amides is 2. The van der Waals surface area contributed by atoms with Gasteiger partial charge in [-0.15, -0.1) is 0 Å². The van der Waals surface area contributed by atoms with Gasteiger partial charge >= 0.3 is 6.03 Å². The number of carbonyl (C=O) groups is 1. The van der Waals surface area contributed by atoms with Crippen molar-refractivity contribution in [2.75, 3.05) is 6.54 Å². The molecule has 0 radical (unpaired) electrons. The number of hydrogen-bond donors (Lipinski definition) is 3. The van der Waals surface area contributed by atoms with E-state index in [1.54, 1.807) is 0 Å². The Balaban J connectivity index is 1.68. The molecule has 2 rings (SSSR count). The summed E-state index contributed by atoms with van der Waals surface area (Å²) < 4.78 is 5.60. The average molecular weight is 320 g/mol. The molecule has 0 bridgehead atoms. The maximum absolute atomic E-state index is 11.9. The zero-order valence-corrected chi connectivity index (χ0v) is 14.0. The van der Waals surface area contributed by atoms with Crippen molar-refractivity contribution < 1.29 is 14.6 Å². The van der Waals surface area contributed by atoms with Gasteiger partial charge in [-0.1, -0.05) is 25.0 Å². The third-order valence-electron chi connectivity index (χ3n) is 4.04. The fourth-order valence-corrected chi connectivity index (χ4v) is 2.83. The SMILES string of the molecule is CC(C)Oc1ccc(CCNC(=O)NC2CCCCC2O)cc1. The Bertz CT molecular complexity index is 488. The fraction of sp³-hybridized carbons (Fsp3) is 0.611. The number of urea groups is 1. The largest absolute Gasteiger partial charge is 0.491 e. The van der Waals surface area contributed by atoms with Crippen LogP contribution in [0.2, 0.25) is 0 Å². The lowest BCUT2D eigenvalue weighted by atomic mass is 9.93. The Kier molecular flexibility index (Phi) is 6.71. The molecule has 1 aromatic rings. The van der Waals surface area contributed by atoms with Crippen molar-refractivity contribution in [1.82, 2.24) is 10.6 Å². The van der Waals surface area contributed by atoms with Crippen LogP contribution in [0.1, 0.15) is 45.1 Å². The molecule has 1 saturated carbocycles. The topological polar surface area (TPSA) is 70.6 Å². The van der Waals surface area contributed by atoms with Crippen LogP contribution in [-0.2, 0) is 6.42 Å². The molecule has 1 aliphatic carbocycles. The summed E-state index contributed by atoms with van der Waals surface area (Å²) in [5.41, 5.74) is 1.15. The number of nitrogens with one attached hydrogen (secondary N) is 2. The molecule has 1 aromatic carbocycles. The first kappa shape index (κ1) is 17.6. The fourth-order valence-electron chi connectivity index (χ4n) is 2.83. The van der Waals surface area contributed by atoms with E-state index in [-0.39, 0.29) is 18.2 Å². The highest BCUT2D eigenvalue weighted by Crippen LogP contribution is 2.18. The average Bonchev–Trinajstić information content (AvgIpc) is 2.51. The standard InChI is InChI=1S/C18H28N2O3/c1-13(2)23-15-9-7-14(8-10-15)11-12-19-18(22)20-16-5-3-4-6-17(16)21/h7-10,13,16-17,21H,3-6,11-12H2,1-2H3,(H2,19,20,22). The first-order chi connectivity index (χ1) is 11.0. The molecule has 2 unspecified atom stereocenters.